The molecule has 1 aromatic heterocycles. The van der Waals surface area contributed by atoms with Crippen molar-refractivity contribution in [2.24, 2.45) is 4.99 Å². The van der Waals surface area contributed by atoms with Crippen molar-refractivity contribution in [1.82, 2.24) is 4.57 Å². The molecular formula is C14H10ClF2N3O2. The Kier molecular flexibility index (Phi) is 3.58. The molecule has 8 heteroatoms. The lowest BCUT2D eigenvalue weighted by molar-refractivity contribution is 0.0694. The predicted octanol–water partition coefficient (Wildman–Crippen LogP) is 2.78. The van der Waals surface area contributed by atoms with Crippen LogP contribution in [0, 0.1) is 11.6 Å². The number of halogens is 3. The number of carbonyl (C=O) groups is 1. The van der Waals surface area contributed by atoms with Gasteiger partial charge >= 0.3 is 5.97 Å². The van der Waals surface area contributed by atoms with E-state index in [1.165, 1.54) is 6.20 Å². The monoisotopic (exact) mass is 325 g/mol. The minimum absolute atomic E-state index is 0.0691. The number of nitrogens with one attached hydrogen (secondary N) is 1. The van der Waals surface area contributed by atoms with Gasteiger partial charge in [-0.25, -0.2) is 18.6 Å². The maximum atomic E-state index is 13.7. The Hall–Kier alpha value is -2.41. The number of carboxylic acids is 1. The molecule has 0 radical (unpaired) electrons. The lowest BCUT2D eigenvalue weighted by Gasteiger charge is -2.09. The van der Waals surface area contributed by atoms with Crippen LogP contribution in [0.3, 0.4) is 0 Å². The number of hydrogen-bond acceptors (Lipinski definition) is 3. The van der Waals surface area contributed by atoms with Gasteiger partial charge in [0.2, 0.25) is 0 Å². The van der Waals surface area contributed by atoms with E-state index in [9.17, 15) is 18.7 Å². The van der Waals surface area contributed by atoms with Gasteiger partial charge in [0.15, 0.2) is 5.82 Å². The molecule has 0 saturated heterocycles. The van der Waals surface area contributed by atoms with Gasteiger partial charge in [-0.05, 0) is 12.1 Å². The van der Waals surface area contributed by atoms with E-state index in [2.05, 4.69) is 10.3 Å². The van der Waals surface area contributed by atoms with Crippen LogP contribution >= 0.6 is 11.6 Å². The van der Waals surface area contributed by atoms with Gasteiger partial charge in [0.25, 0.3) is 0 Å². The van der Waals surface area contributed by atoms with Gasteiger partial charge in [-0.2, -0.15) is 0 Å². The highest BCUT2D eigenvalue weighted by Crippen LogP contribution is 2.24. The summed E-state index contributed by atoms with van der Waals surface area (Å²) in [6.45, 7) is 1.17. The van der Waals surface area contributed by atoms with E-state index in [0.717, 1.165) is 12.1 Å². The third-order valence-corrected chi connectivity index (χ3v) is 3.62. The van der Waals surface area contributed by atoms with Gasteiger partial charge in [-0.1, -0.05) is 11.6 Å². The number of carboxylic acid groups (broad SMARTS) is 1. The zero-order valence-corrected chi connectivity index (χ0v) is 11.9. The second kappa shape index (κ2) is 5.42. The van der Waals surface area contributed by atoms with Crippen molar-refractivity contribution >= 4 is 29.1 Å². The topological polar surface area (TPSA) is 66.6 Å². The van der Waals surface area contributed by atoms with E-state index in [0.29, 0.717) is 25.0 Å². The number of nitrogens with zero attached hydrogens (tertiary/aromatic N) is 2. The average Bonchev–Trinajstić information content (AvgIpc) is 2.92. The van der Waals surface area contributed by atoms with Crippen LogP contribution in [0.15, 0.2) is 29.4 Å². The highest BCUT2D eigenvalue weighted by atomic mass is 35.5. The lowest BCUT2D eigenvalue weighted by atomic mass is 10.2. The van der Waals surface area contributed by atoms with E-state index in [4.69, 9.17) is 11.6 Å². The summed E-state index contributed by atoms with van der Waals surface area (Å²) in [4.78, 5) is 15.4. The largest absolute Gasteiger partial charge is 0.478 e. The molecule has 22 heavy (non-hydrogen) atoms. The molecule has 0 saturated carbocycles. The van der Waals surface area contributed by atoms with Gasteiger partial charge in [0, 0.05) is 25.4 Å². The third kappa shape index (κ3) is 2.43. The standard InChI is InChI=1S/C14H10ClF2N3O2/c15-11-12(19-10-2-1-7(16)5-9(10)17)8(14(21)22)6-20-4-3-18-13(11)20/h1-2,5-6,18H,3-4H2,(H,21,22). The molecule has 1 aromatic carbocycles. The SMILES string of the molecule is O=C(O)c1cn2c(c(Cl)c1=Nc1ccc(F)cc1F)NCC2. The number of rotatable bonds is 2. The molecule has 0 amide bonds. The summed E-state index contributed by atoms with van der Waals surface area (Å²) in [5.74, 6) is -2.35. The first-order valence-corrected chi connectivity index (χ1v) is 6.75. The van der Waals surface area contributed by atoms with Crippen LogP contribution in [0.5, 0.6) is 0 Å². The summed E-state index contributed by atoms with van der Waals surface area (Å²) in [6, 6.07) is 2.84. The van der Waals surface area contributed by atoms with E-state index in [1.54, 1.807) is 4.57 Å². The van der Waals surface area contributed by atoms with Crippen molar-refractivity contribution in [2.45, 2.75) is 6.54 Å². The summed E-state index contributed by atoms with van der Waals surface area (Å²) in [6.07, 6.45) is 1.39. The second-order valence-corrected chi connectivity index (χ2v) is 5.06. The van der Waals surface area contributed by atoms with Gasteiger partial charge in [-0.3, -0.25) is 0 Å². The number of aromatic nitrogens is 1. The molecule has 3 rings (SSSR count). The lowest BCUT2D eigenvalue weighted by Crippen LogP contribution is -2.20. The van der Waals surface area contributed by atoms with E-state index < -0.39 is 17.6 Å². The highest BCUT2D eigenvalue weighted by Gasteiger charge is 2.20. The first-order valence-electron chi connectivity index (χ1n) is 6.37. The Balaban J connectivity index is 2.29. The molecular weight excluding hydrogens is 316 g/mol. The average molecular weight is 326 g/mol. The summed E-state index contributed by atoms with van der Waals surface area (Å²) in [5.41, 5.74) is -0.338. The number of benzene rings is 1. The minimum Gasteiger partial charge on any atom is -0.478 e. The first-order chi connectivity index (χ1) is 10.5. The zero-order valence-electron chi connectivity index (χ0n) is 11.1. The van der Waals surface area contributed by atoms with Gasteiger partial charge in [0.05, 0.1) is 5.69 Å². The smallest absolute Gasteiger partial charge is 0.339 e. The van der Waals surface area contributed by atoms with E-state index in [1.807, 2.05) is 0 Å². The highest BCUT2D eigenvalue weighted by molar-refractivity contribution is 6.33. The Labute approximate surface area is 128 Å². The fourth-order valence-corrected chi connectivity index (χ4v) is 2.57. The van der Waals surface area contributed by atoms with Gasteiger partial charge in [-0.15, -0.1) is 0 Å². The number of fused-ring (bicyclic) bond motifs is 1. The normalized spacial score (nSPS) is 13.9. The molecule has 0 spiro atoms. The Bertz CT molecular complexity index is 849. The molecule has 1 aliphatic rings. The predicted molar refractivity (Wildman–Crippen MR) is 76.5 cm³/mol. The maximum absolute atomic E-state index is 13.7. The molecule has 1 aliphatic heterocycles. The molecule has 0 fully saturated rings. The van der Waals surface area contributed by atoms with Crippen molar-refractivity contribution in [3.05, 3.63) is 52.0 Å². The molecule has 0 unspecified atom stereocenters. The summed E-state index contributed by atoms with van der Waals surface area (Å²) in [5, 5.41) is 12.3. The van der Waals surface area contributed by atoms with E-state index in [-0.39, 0.29) is 21.6 Å². The summed E-state index contributed by atoms with van der Waals surface area (Å²) < 4.78 is 28.3. The molecule has 0 aliphatic carbocycles. The molecule has 5 nitrogen and oxygen atoms in total. The Morgan fingerprint density at radius 3 is 2.86 bits per heavy atom. The molecule has 2 N–H and O–H groups in total. The molecule has 114 valence electrons. The molecule has 0 bridgehead atoms. The molecule has 0 atom stereocenters. The summed E-state index contributed by atoms with van der Waals surface area (Å²) >= 11 is 6.20. The zero-order chi connectivity index (χ0) is 15.9. The first kappa shape index (κ1) is 14.5. The Morgan fingerprint density at radius 2 is 2.18 bits per heavy atom. The molecule has 2 aromatic rings. The summed E-state index contributed by atoms with van der Waals surface area (Å²) in [7, 11) is 0. The Morgan fingerprint density at radius 1 is 1.41 bits per heavy atom. The van der Waals surface area contributed by atoms with Crippen LogP contribution in [0.1, 0.15) is 10.4 Å². The van der Waals surface area contributed by atoms with Gasteiger partial charge in [0.1, 0.15) is 27.6 Å². The number of anilines is 1. The number of aromatic carboxylic acids is 1. The van der Waals surface area contributed by atoms with Crippen LogP contribution in [-0.4, -0.2) is 22.2 Å². The van der Waals surface area contributed by atoms with Crippen molar-refractivity contribution in [1.29, 1.82) is 0 Å². The quantitative estimate of drug-likeness (QED) is 0.892. The minimum atomic E-state index is -1.23. The van der Waals surface area contributed by atoms with Crippen molar-refractivity contribution < 1.29 is 18.7 Å². The maximum Gasteiger partial charge on any atom is 0.339 e. The number of hydrogen-bond donors (Lipinski definition) is 2. The van der Waals surface area contributed by atoms with Crippen molar-refractivity contribution in [3.63, 3.8) is 0 Å². The van der Waals surface area contributed by atoms with Crippen molar-refractivity contribution in [3.8, 4) is 0 Å². The third-order valence-electron chi connectivity index (χ3n) is 3.26. The fraction of sp³-hybridized carbons (Fsp3) is 0.143. The van der Waals surface area contributed by atoms with Crippen LogP contribution in [0.4, 0.5) is 20.3 Å². The second-order valence-electron chi connectivity index (χ2n) is 4.69. The fourth-order valence-electron chi connectivity index (χ4n) is 2.25. The van der Waals surface area contributed by atoms with Crippen LogP contribution in [0.2, 0.25) is 5.02 Å². The van der Waals surface area contributed by atoms with E-state index >= 15 is 0 Å². The van der Waals surface area contributed by atoms with Crippen LogP contribution < -0.4 is 10.7 Å². The number of pyridine rings is 1. The van der Waals surface area contributed by atoms with Crippen molar-refractivity contribution in [2.75, 3.05) is 11.9 Å². The van der Waals surface area contributed by atoms with Crippen LogP contribution in [0.25, 0.3) is 0 Å². The van der Waals surface area contributed by atoms with Gasteiger partial charge < -0.3 is 15.0 Å². The van der Waals surface area contributed by atoms with Crippen LogP contribution in [-0.2, 0) is 6.54 Å². The molecule has 2 heterocycles.